The summed E-state index contributed by atoms with van der Waals surface area (Å²) in [7, 11) is 1.67. The largest absolute Gasteiger partial charge is 0.390 e. The Morgan fingerprint density at radius 3 is 2.00 bits per heavy atom. The topological polar surface area (TPSA) is 29.5 Å². The third-order valence-electron chi connectivity index (χ3n) is 2.12. The number of aliphatic hydroxyl groups is 1. The van der Waals surface area contributed by atoms with Crippen LogP contribution in [-0.4, -0.2) is 23.4 Å². The average Bonchev–Trinajstić information content (AvgIpc) is 1.86. The van der Waals surface area contributed by atoms with Gasteiger partial charge in [0, 0.05) is 13.5 Å². The Balaban J connectivity index is 4.02. The molecule has 0 saturated heterocycles. The molecule has 2 nitrogen and oxygen atoms in total. The summed E-state index contributed by atoms with van der Waals surface area (Å²) in [5, 5.41) is 9.71. The Morgan fingerprint density at radius 1 is 1.27 bits per heavy atom. The number of ether oxygens (including phenoxy) is 1. The van der Waals surface area contributed by atoms with Gasteiger partial charge < -0.3 is 9.84 Å². The second-order valence-electron chi connectivity index (χ2n) is 3.99. The summed E-state index contributed by atoms with van der Waals surface area (Å²) in [6.07, 6.45) is 1.44. The van der Waals surface area contributed by atoms with E-state index in [2.05, 4.69) is 0 Å². The first-order valence-corrected chi connectivity index (χ1v) is 4.10. The molecule has 0 aliphatic heterocycles. The minimum absolute atomic E-state index is 0.223. The van der Waals surface area contributed by atoms with Crippen molar-refractivity contribution in [1.82, 2.24) is 0 Å². The van der Waals surface area contributed by atoms with Crippen molar-refractivity contribution >= 4 is 0 Å². The Bertz CT molecular complexity index is 103. The Hall–Kier alpha value is -0.0800. The highest BCUT2D eigenvalue weighted by atomic mass is 16.5. The van der Waals surface area contributed by atoms with Crippen LogP contribution < -0.4 is 0 Å². The Kier molecular flexibility index (Phi) is 3.52. The van der Waals surface area contributed by atoms with Crippen LogP contribution in [0.4, 0.5) is 0 Å². The molecule has 0 aliphatic rings. The standard InChI is InChI=1S/C9H20O2/c1-6-9(4,10)7-8(2,3)11-5/h10H,6-7H2,1-5H3. The molecular weight excluding hydrogens is 140 g/mol. The molecule has 11 heavy (non-hydrogen) atoms. The van der Waals surface area contributed by atoms with Crippen molar-refractivity contribution in [2.24, 2.45) is 0 Å². The van der Waals surface area contributed by atoms with Crippen molar-refractivity contribution in [3.8, 4) is 0 Å². The number of hydrogen-bond donors (Lipinski definition) is 1. The van der Waals surface area contributed by atoms with Crippen LogP contribution in [0.3, 0.4) is 0 Å². The van der Waals surface area contributed by atoms with Gasteiger partial charge >= 0.3 is 0 Å². The second kappa shape index (κ2) is 3.55. The first kappa shape index (κ1) is 10.9. The molecule has 1 atom stereocenters. The molecule has 0 spiro atoms. The van der Waals surface area contributed by atoms with Crippen molar-refractivity contribution in [2.45, 2.75) is 51.7 Å². The van der Waals surface area contributed by atoms with Crippen LogP contribution in [0.1, 0.15) is 40.5 Å². The number of rotatable bonds is 4. The molecule has 0 aromatic rings. The molecule has 68 valence electrons. The summed E-state index contributed by atoms with van der Waals surface area (Å²) < 4.78 is 5.22. The molecule has 0 aliphatic carbocycles. The van der Waals surface area contributed by atoms with Gasteiger partial charge in [-0.3, -0.25) is 0 Å². The van der Waals surface area contributed by atoms with Gasteiger partial charge in [-0.05, 0) is 27.2 Å². The number of hydrogen-bond acceptors (Lipinski definition) is 2. The molecule has 0 heterocycles. The van der Waals surface area contributed by atoms with Gasteiger partial charge in [-0.1, -0.05) is 6.92 Å². The summed E-state index contributed by atoms with van der Waals surface area (Å²) in [5.41, 5.74) is -0.820. The van der Waals surface area contributed by atoms with Crippen LogP contribution in [0.15, 0.2) is 0 Å². The minimum atomic E-state index is -0.598. The van der Waals surface area contributed by atoms with E-state index in [4.69, 9.17) is 4.74 Å². The van der Waals surface area contributed by atoms with Gasteiger partial charge in [-0.15, -0.1) is 0 Å². The molecule has 2 heteroatoms. The fourth-order valence-electron chi connectivity index (χ4n) is 1.11. The minimum Gasteiger partial charge on any atom is -0.390 e. The Morgan fingerprint density at radius 2 is 1.73 bits per heavy atom. The molecule has 0 aromatic heterocycles. The van der Waals surface area contributed by atoms with E-state index in [9.17, 15) is 5.11 Å². The fraction of sp³-hybridized carbons (Fsp3) is 1.00. The molecule has 1 N–H and O–H groups in total. The predicted octanol–water partition coefficient (Wildman–Crippen LogP) is 1.96. The SMILES string of the molecule is CCC(C)(O)CC(C)(C)OC. The highest BCUT2D eigenvalue weighted by Crippen LogP contribution is 2.24. The van der Waals surface area contributed by atoms with Crippen molar-refractivity contribution in [1.29, 1.82) is 0 Å². The zero-order chi connectivity index (χ0) is 9.12. The summed E-state index contributed by atoms with van der Waals surface area (Å²) >= 11 is 0. The third-order valence-corrected chi connectivity index (χ3v) is 2.12. The molecule has 1 unspecified atom stereocenters. The quantitative estimate of drug-likeness (QED) is 0.681. The van der Waals surface area contributed by atoms with Gasteiger partial charge in [0.05, 0.1) is 11.2 Å². The van der Waals surface area contributed by atoms with E-state index in [1.807, 2.05) is 27.7 Å². The summed E-state index contributed by atoms with van der Waals surface area (Å²) in [6.45, 7) is 7.79. The molecule has 0 bridgehead atoms. The van der Waals surface area contributed by atoms with Gasteiger partial charge in [0.2, 0.25) is 0 Å². The predicted molar refractivity (Wildman–Crippen MR) is 46.6 cm³/mol. The molecule has 0 aromatic carbocycles. The smallest absolute Gasteiger partial charge is 0.0650 e. The summed E-state index contributed by atoms with van der Waals surface area (Å²) in [5.74, 6) is 0. The molecule has 0 saturated carbocycles. The van der Waals surface area contributed by atoms with Crippen molar-refractivity contribution < 1.29 is 9.84 Å². The zero-order valence-electron chi connectivity index (χ0n) is 8.27. The first-order chi connectivity index (χ1) is 4.83. The normalized spacial score (nSPS) is 18.0. The lowest BCUT2D eigenvalue weighted by Gasteiger charge is -2.31. The van der Waals surface area contributed by atoms with E-state index < -0.39 is 5.60 Å². The zero-order valence-corrected chi connectivity index (χ0v) is 8.27. The highest BCUT2D eigenvalue weighted by Gasteiger charge is 2.28. The fourth-order valence-corrected chi connectivity index (χ4v) is 1.11. The van der Waals surface area contributed by atoms with E-state index in [1.54, 1.807) is 7.11 Å². The van der Waals surface area contributed by atoms with Crippen molar-refractivity contribution in [2.75, 3.05) is 7.11 Å². The van der Waals surface area contributed by atoms with E-state index in [1.165, 1.54) is 0 Å². The van der Waals surface area contributed by atoms with Crippen LogP contribution in [-0.2, 0) is 4.74 Å². The maximum absolute atomic E-state index is 9.71. The average molecular weight is 160 g/mol. The van der Waals surface area contributed by atoms with Crippen LogP contribution in [0, 0.1) is 0 Å². The maximum Gasteiger partial charge on any atom is 0.0650 e. The van der Waals surface area contributed by atoms with Crippen LogP contribution in [0.2, 0.25) is 0 Å². The van der Waals surface area contributed by atoms with Gasteiger partial charge in [-0.25, -0.2) is 0 Å². The van der Waals surface area contributed by atoms with Crippen LogP contribution >= 0.6 is 0 Å². The van der Waals surface area contributed by atoms with E-state index in [0.717, 1.165) is 6.42 Å². The van der Waals surface area contributed by atoms with Crippen molar-refractivity contribution in [3.05, 3.63) is 0 Å². The highest BCUT2D eigenvalue weighted by molar-refractivity contribution is 4.81. The second-order valence-corrected chi connectivity index (χ2v) is 3.99. The lowest BCUT2D eigenvalue weighted by atomic mass is 9.89. The number of methoxy groups -OCH3 is 1. The molecular formula is C9H20O2. The summed E-state index contributed by atoms with van der Waals surface area (Å²) in [4.78, 5) is 0. The van der Waals surface area contributed by atoms with Crippen LogP contribution in [0.5, 0.6) is 0 Å². The van der Waals surface area contributed by atoms with Gasteiger partial charge in [0.25, 0.3) is 0 Å². The van der Waals surface area contributed by atoms with E-state index >= 15 is 0 Å². The Labute approximate surface area is 69.6 Å². The molecule has 0 amide bonds. The monoisotopic (exact) mass is 160 g/mol. The maximum atomic E-state index is 9.71. The molecule has 0 radical (unpaired) electrons. The van der Waals surface area contributed by atoms with Crippen LogP contribution in [0.25, 0.3) is 0 Å². The van der Waals surface area contributed by atoms with Gasteiger partial charge in [-0.2, -0.15) is 0 Å². The summed E-state index contributed by atoms with van der Waals surface area (Å²) in [6, 6.07) is 0. The van der Waals surface area contributed by atoms with Crippen molar-refractivity contribution in [3.63, 3.8) is 0 Å². The van der Waals surface area contributed by atoms with Gasteiger partial charge in [0.1, 0.15) is 0 Å². The lowest BCUT2D eigenvalue weighted by molar-refractivity contribution is -0.0599. The van der Waals surface area contributed by atoms with E-state index in [-0.39, 0.29) is 5.60 Å². The first-order valence-electron chi connectivity index (χ1n) is 4.10. The van der Waals surface area contributed by atoms with E-state index in [0.29, 0.717) is 6.42 Å². The van der Waals surface area contributed by atoms with Gasteiger partial charge in [0.15, 0.2) is 0 Å². The lowest BCUT2D eigenvalue weighted by Crippen LogP contribution is -2.36. The molecule has 0 fully saturated rings. The third kappa shape index (κ3) is 4.38. The molecule has 0 rings (SSSR count).